The van der Waals surface area contributed by atoms with Crippen molar-refractivity contribution in [2.24, 2.45) is 5.92 Å². The summed E-state index contributed by atoms with van der Waals surface area (Å²) in [6.45, 7) is 4.93. The highest BCUT2D eigenvalue weighted by Gasteiger charge is 2.15. The van der Waals surface area contributed by atoms with Crippen LogP contribution < -0.4 is 11.1 Å². The number of ether oxygens (including phenoxy) is 1. The highest BCUT2D eigenvalue weighted by Crippen LogP contribution is 2.14. The highest BCUT2D eigenvalue weighted by atomic mass is 16.5. The fourth-order valence-corrected chi connectivity index (χ4v) is 2.01. The van der Waals surface area contributed by atoms with E-state index in [2.05, 4.69) is 29.1 Å². The lowest BCUT2D eigenvalue weighted by atomic mass is 9.97. The first-order chi connectivity index (χ1) is 9.10. The van der Waals surface area contributed by atoms with Gasteiger partial charge in [0.25, 0.3) is 0 Å². The van der Waals surface area contributed by atoms with Crippen molar-refractivity contribution in [3.8, 4) is 0 Å². The highest BCUT2D eigenvalue weighted by molar-refractivity contribution is 5.44. The summed E-state index contributed by atoms with van der Waals surface area (Å²) < 4.78 is 4.98. The van der Waals surface area contributed by atoms with Crippen molar-refractivity contribution in [3.05, 3.63) is 11.9 Å². The molecule has 0 aliphatic carbocycles. The summed E-state index contributed by atoms with van der Waals surface area (Å²) in [7, 11) is 1.58. The van der Waals surface area contributed by atoms with E-state index in [1.165, 1.54) is 0 Å². The summed E-state index contributed by atoms with van der Waals surface area (Å²) in [6, 6.07) is 1.65. The number of hydrogen-bond acceptors (Lipinski definition) is 6. The Morgan fingerprint density at radius 2 is 2.05 bits per heavy atom. The zero-order chi connectivity index (χ0) is 14.3. The number of nitrogen functional groups attached to an aromatic ring is 1. The van der Waals surface area contributed by atoms with Gasteiger partial charge in [0, 0.05) is 19.7 Å². The molecule has 0 bridgehead atoms. The zero-order valence-corrected chi connectivity index (χ0v) is 11.9. The number of nitrogens with two attached hydrogens (primary N) is 1. The molecule has 1 aromatic heterocycles. The number of rotatable bonds is 8. The Hall–Kier alpha value is -1.40. The van der Waals surface area contributed by atoms with Crippen LogP contribution in [-0.4, -0.2) is 34.8 Å². The number of nitrogens with zero attached hydrogens (tertiary/aromatic N) is 2. The molecule has 0 saturated heterocycles. The smallest absolute Gasteiger partial charge is 0.158 e. The number of methoxy groups -OCH3 is 1. The summed E-state index contributed by atoms with van der Waals surface area (Å²) in [5.41, 5.74) is 5.70. The number of nitrogens with one attached hydrogen (secondary N) is 1. The molecular formula is C13H24N4O2. The molecule has 1 unspecified atom stereocenters. The third-order valence-electron chi connectivity index (χ3n) is 3.15. The molecule has 4 N–H and O–H groups in total. The summed E-state index contributed by atoms with van der Waals surface area (Å²) in [6.07, 6.45) is 1.53. The fourth-order valence-electron chi connectivity index (χ4n) is 2.01. The van der Waals surface area contributed by atoms with E-state index >= 15 is 0 Å². The Balaban J connectivity index is 2.61. The van der Waals surface area contributed by atoms with Crippen LogP contribution in [0, 0.1) is 5.92 Å². The Morgan fingerprint density at radius 3 is 2.63 bits per heavy atom. The van der Waals surface area contributed by atoms with Crippen molar-refractivity contribution in [2.45, 2.75) is 39.4 Å². The molecule has 0 radical (unpaired) electrons. The summed E-state index contributed by atoms with van der Waals surface area (Å²) in [5.74, 6) is 1.83. The quantitative estimate of drug-likeness (QED) is 0.660. The molecule has 0 amide bonds. The SMILES string of the molecule is CCC(CC)C(O)CNc1cc(N)nc(COC)n1. The average Bonchev–Trinajstić information content (AvgIpc) is 2.37. The number of hydrogen-bond donors (Lipinski definition) is 3. The van der Waals surface area contributed by atoms with E-state index in [1.54, 1.807) is 13.2 Å². The van der Waals surface area contributed by atoms with Crippen LogP contribution in [0.2, 0.25) is 0 Å². The van der Waals surface area contributed by atoms with Gasteiger partial charge in [0.1, 0.15) is 18.2 Å². The first-order valence-electron chi connectivity index (χ1n) is 6.64. The maximum Gasteiger partial charge on any atom is 0.158 e. The summed E-state index contributed by atoms with van der Waals surface area (Å²) in [5, 5.41) is 13.1. The predicted molar refractivity (Wildman–Crippen MR) is 75.7 cm³/mol. The zero-order valence-electron chi connectivity index (χ0n) is 11.9. The molecular weight excluding hydrogens is 244 g/mol. The molecule has 0 aliphatic rings. The van der Waals surface area contributed by atoms with E-state index in [1.807, 2.05) is 0 Å². The molecule has 1 aromatic rings. The van der Waals surface area contributed by atoms with Gasteiger partial charge in [-0.25, -0.2) is 9.97 Å². The topological polar surface area (TPSA) is 93.3 Å². The third kappa shape index (κ3) is 5.00. The van der Waals surface area contributed by atoms with E-state index < -0.39 is 6.10 Å². The number of anilines is 2. The van der Waals surface area contributed by atoms with Crippen LogP contribution in [0.1, 0.15) is 32.5 Å². The van der Waals surface area contributed by atoms with Gasteiger partial charge in [-0.05, 0) is 5.92 Å². The summed E-state index contributed by atoms with van der Waals surface area (Å²) in [4.78, 5) is 8.33. The van der Waals surface area contributed by atoms with Crippen molar-refractivity contribution >= 4 is 11.6 Å². The fraction of sp³-hybridized carbons (Fsp3) is 0.692. The lowest BCUT2D eigenvalue weighted by molar-refractivity contribution is 0.114. The number of aliphatic hydroxyl groups excluding tert-OH is 1. The van der Waals surface area contributed by atoms with Crippen LogP contribution in [0.5, 0.6) is 0 Å². The number of aromatic nitrogens is 2. The Labute approximate surface area is 114 Å². The van der Waals surface area contributed by atoms with E-state index in [4.69, 9.17) is 10.5 Å². The van der Waals surface area contributed by atoms with Gasteiger partial charge in [-0.3, -0.25) is 0 Å². The van der Waals surface area contributed by atoms with Gasteiger partial charge in [0.2, 0.25) is 0 Å². The van der Waals surface area contributed by atoms with Crippen LogP contribution >= 0.6 is 0 Å². The lowest BCUT2D eigenvalue weighted by Gasteiger charge is -2.20. The molecule has 0 fully saturated rings. The standard InChI is InChI=1S/C13H24N4O2/c1-4-9(5-2)10(18)7-15-12-6-11(14)16-13(17-12)8-19-3/h6,9-10,18H,4-5,7-8H2,1-3H3,(H3,14,15,16,17). The maximum absolute atomic E-state index is 10.1. The average molecular weight is 268 g/mol. The van der Waals surface area contributed by atoms with Gasteiger partial charge in [0.05, 0.1) is 6.10 Å². The molecule has 0 aromatic carbocycles. The molecule has 1 rings (SSSR count). The third-order valence-corrected chi connectivity index (χ3v) is 3.15. The molecule has 108 valence electrons. The van der Waals surface area contributed by atoms with E-state index in [9.17, 15) is 5.11 Å². The van der Waals surface area contributed by atoms with Crippen molar-refractivity contribution in [1.82, 2.24) is 9.97 Å². The molecule has 0 aliphatic heterocycles. The Morgan fingerprint density at radius 1 is 1.37 bits per heavy atom. The second-order valence-electron chi connectivity index (χ2n) is 4.55. The molecule has 1 atom stereocenters. The van der Waals surface area contributed by atoms with Gasteiger partial charge < -0.3 is 20.9 Å². The Bertz CT molecular complexity index is 383. The van der Waals surface area contributed by atoms with Gasteiger partial charge in [0.15, 0.2) is 5.82 Å². The monoisotopic (exact) mass is 268 g/mol. The minimum atomic E-state index is -0.392. The normalized spacial score (nSPS) is 12.7. The second kappa shape index (κ2) is 7.91. The molecule has 1 heterocycles. The van der Waals surface area contributed by atoms with E-state index in [0.29, 0.717) is 36.5 Å². The predicted octanol–water partition coefficient (Wildman–Crippen LogP) is 1.41. The Kier molecular flexibility index (Phi) is 6.52. The van der Waals surface area contributed by atoms with E-state index in [-0.39, 0.29) is 0 Å². The van der Waals surface area contributed by atoms with Gasteiger partial charge in [-0.15, -0.1) is 0 Å². The summed E-state index contributed by atoms with van der Waals surface area (Å²) >= 11 is 0. The number of aliphatic hydroxyl groups is 1. The minimum absolute atomic E-state index is 0.296. The minimum Gasteiger partial charge on any atom is -0.391 e. The van der Waals surface area contributed by atoms with Crippen molar-refractivity contribution in [2.75, 3.05) is 24.7 Å². The van der Waals surface area contributed by atoms with Gasteiger partial charge >= 0.3 is 0 Å². The maximum atomic E-state index is 10.1. The molecule has 19 heavy (non-hydrogen) atoms. The van der Waals surface area contributed by atoms with Crippen LogP contribution in [0.4, 0.5) is 11.6 Å². The first-order valence-corrected chi connectivity index (χ1v) is 6.64. The van der Waals surface area contributed by atoms with Gasteiger partial charge in [-0.1, -0.05) is 26.7 Å². The van der Waals surface area contributed by atoms with Crippen LogP contribution in [0.25, 0.3) is 0 Å². The van der Waals surface area contributed by atoms with Crippen molar-refractivity contribution in [1.29, 1.82) is 0 Å². The largest absolute Gasteiger partial charge is 0.391 e. The van der Waals surface area contributed by atoms with Crippen LogP contribution in [0.3, 0.4) is 0 Å². The van der Waals surface area contributed by atoms with Crippen molar-refractivity contribution < 1.29 is 9.84 Å². The molecule has 0 spiro atoms. The first kappa shape index (κ1) is 15.7. The van der Waals surface area contributed by atoms with Crippen LogP contribution in [-0.2, 0) is 11.3 Å². The second-order valence-corrected chi connectivity index (χ2v) is 4.55. The lowest BCUT2D eigenvalue weighted by Crippen LogP contribution is -2.28. The van der Waals surface area contributed by atoms with Crippen molar-refractivity contribution in [3.63, 3.8) is 0 Å². The van der Waals surface area contributed by atoms with Gasteiger partial charge in [-0.2, -0.15) is 0 Å². The van der Waals surface area contributed by atoms with E-state index in [0.717, 1.165) is 12.8 Å². The molecule has 6 heteroatoms. The molecule has 6 nitrogen and oxygen atoms in total. The van der Waals surface area contributed by atoms with Crippen LogP contribution in [0.15, 0.2) is 6.07 Å². The molecule has 0 saturated carbocycles.